The van der Waals surface area contributed by atoms with Gasteiger partial charge in [-0.2, -0.15) is 0 Å². The Morgan fingerprint density at radius 3 is 2.84 bits per heavy atom. The lowest BCUT2D eigenvalue weighted by molar-refractivity contribution is 0.509. The monoisotopic (exact) mass is 276 g/mol. The molecule has 0 bridgehead atoms. The van der Waals surface area contributed by atoms with E-state index < -0.39 is 0 Å². The van der Waals surface area contributed by atoms with Crippen molar-refractivity contribution in [3.05, 3.63) is 16.3 Å². The van der Waals surface area contributed by atoms with Crippen molar-refractivity contribution < 1.29 is 0 Å². The van der Waals surface area contributed by atoms with Crippen LogP contribution in [0.25, 0.3) is 10.2 Å². The highest BCUT2D eigenvalue weighted by atomic mass is 32.1. The standard InChI is InChI=1S/C14H20N4S/c1-7(2)12-16-13(18-15)11-9-5-4-8(3)6-10(9)19-14(11)17-12/h7-8H,4-6,15H2,1-3H3,(H,16,17,18)/t8-/m0/s1. The highest BCUT2D eigenvalue weighted by molar-refractivity contribution is 7.19. The van der Waals surface area contributed by atoms with E-state index in [9.17, 15) is 0 Å². The Morgan fingerprint density at radius 1 is 1.37 bits per heavy atom. The summed E-state index contributed by atoms with van der Waals surface area (Å²) in [5, 5.41) is 1.15. The number of aromatic nitrogens is 2. The average Bonchev–Trinajstić information content (AvgIpc) is 2.74. The van der Waals surface area contributed by atoms with Gasteiger partial charge < -0.3 is 5.43 Å². The van der Waals surface area contributed by atoms with E-state index in [-0.39, 0.29) is 0 Å². The summed E-state index contributed by atoms with van der Waals surface area (Å²) in [6, 6.07) is 0. The lowest BCUT2D eigenvalue weighted by Gasteiger charge is -2.18. The van der Waals surface area contributed by atoms with Gasteiger partial charge in [0.2, 0.25) is 0 Å². The van der Waals surface area contributed by atoms with Gasteiger partial charge in [-0.25, -0.2) is 15.8 Å². The lowest BCUT2D eigenvalue weighted by Crippen LogP contribution is -2.13. The molecule has 0 saturated carbocycles. The van der Waals surface area contributed by atoms with Crippen molar-refractivity contribution in [1.82, 2.24) is 9.97 Å². The van der Waals surface area contributed by atoms with Gasteiger partial charge in [0.15, 0.2) is 5.82 Å². The Kier molecular flexibility index (Phi) is 3.19. The highest BCUT2D eigenvalue weighted by Gasteiger charge is 2.24. The molecule has 4 nitrogen and oxygen atoms in total. The van der Waals surface area contributed by atoms with E-state index in [2.05, 4.69) is 31.2 Å². The van der Waals surface area contributed by atoms with Crippen LogP contribution in [0.5, 0.6) is 0 Å². The third kappa shape index (κ3) is 2.11. The molecule has 2 aromatic rings. The molecule has 2 aromatic heterocycles. The average molecular weight is 276 g/mol. The van der Waals surface area contributed by atoms with Crippen LogP contribution in [0.1, 0.15) is 49.4 Å². The second kappa shape index (κ2) is 4.72. The third-order valence-corrected chi connectivity index (χ3v) is 4.97. The van der Waals surface area contributed by atoms with Crippen molar-refractivity contribution in [3.63, 3.8) is 0 Å². The van der Waals surface area contributed by atoms with Crippen LogP contribution in [-0.4, -0.2) is 9.97 Å². The molecule has 19 heavy (non-hydrogen) atoms. The number of fused-ring (bicyclic) bond motifs is 3. The Balaban J connectivity index is 2.23. The van der Waals surface area contributed by atoms with E-state index in [1.807, 2.05) is 11.3 Å². The first-order valence-electron chi connectivity index (χ1n) is 6.89. The summed E-state index contributed by atoms with van der Waals surface area (Å²) in [6.07, 6.45) is 3.53. The Hall–Kier alpha value is -1.20. The molecule has 0 radical (unpaired) electrons. The van der Waals surface area contributed by atoms with Gasteiger partial charge in [0, 0.05) is 10.8 Å². The molecule has 5 heteroatoms. The number of hydrogen-bond acceptors (Lipinski definition) is 5. The maximum Gasteiger partial charge on any atom is 0.152 e. The van der Waals surface area contributed by atoms with Crippen LogP contribution in [0, 0.1) is 5.92 Å². The highest BCUT2D eigenvalue weighted by Crippen LogP contribution is 2.40. The van der Waals surface area contributed by atoms with E-state index in [1.54, 1.807) is 0 Å². The topological polar surface area (TPSA) is 63.8 Å². The second-order valence-corrected chi connectivity index (χ2v) is 6.84. The van der Waals surface area contributed by atoms with Crippen molar-refractivity contribution in [1.29, 1.82) is 0 Å². The van der Waals surface area contributed by atoms with E-state index >= 15 is 0 Å². The summed E-state index contributed by atoms with van der Waals surface area (Å²) in [6.45, 7) is 6.54. The number of aryl methyl sites for hydroxylation is 1. The number of nitrogens with two attached hydrogens (primary N) is 1. The molecular weight excluding hydrogens is 256 g/mol. The Labute approximate surface area is 117 Å². The number of rotatable bonds is 2. The largest absolute Gasteiger partial charge is 0.308 e. The summed E-state index contributed by atoms with van der Waals surface area (Å²) in [4.78, 5) is 11.9. The fourth-order valence-electron chi connectivity index (χ4n) is 2.72. The molecule has 1 aliphatic rings. The summed E-state index contributed by atoms with van der Waals surface area (Å²) >= 11 is 1.82. The maximum atomic E-state index is 5.67. The first-order chi connectivity index (χ1) is 9.10. The molecule has 0 saturated heterocycles. The van der Waals surface area contributed by atoms with Crippen LogP contribution in [0.4, 0.5) is 5.82 Å². The van der Waals surface area contributed by atoms with Gasteiger partial charge in [0.05, 0.1) is 5.39 Å². The van der Waals surface area contributed by atoms with E-state index in [0.29, 0.717) is 5.92 Å². The van der Waals surface area contributed by atoms with Crippen molar-refractivity contribution in [3.8, 4) is 0 Å². The number of nitrogens with one attached hydrogen (secondary N) is 1. The fourth-order valence-corrected chi connectivity index (χ4v) is 4.11. The van der Waals surface area contributed by atoms with Crippen LogP contribution < -0.4 is 11.3 Å². The molecule has 0 amide bonds. The molecule has 0 fully saturated rings. The second-order valence-electron chi connectivity index (χ2n) is 5.76. The van der Waals surface area contributed by atoms with Crippen molar-refractivity contribution in [2.75, 3.05) is 5.43 Å². The van der Waals surface area contributed by atoms with Gasteiger partial charge in [-0.3, -0.25) is 0 Å². The molecule has 2 heterocycles. The lowest BCUT2D eigenvalue weighted by atomic mass is 9.89. The summed E-state index contributed by atoms with van der Waals surface area (Å²) in [7, 11) is 0. The zero-order valence-electron chi connectivity index (χ0n) is 11.7. The molecular formula is C14H20N4S. The number of hydrogen-bond donors (Lipinski definition) is 2. The summed E-state index contributed by atoms with van der Waals surface area (Å²) in [5.41, 5.74) is 4.19. The number of hydrazine groups is 1. The normalized spacial score (nSPS) is 18.9. The minimum Gasteiger partial charge on any atom is -0.308 e. The molecule has 3 N–H and O–H groups in total. The van der Waals surface area contributed by atoms with E-state index in [1.165, 1.54) is 16.9 Å². The zero-order chi connectivity index (χ0) is 13.6. The number of thiophene rings is 1. The first kappa shape index (κ1) is 12.8. The van der Waals surface area contributed by atoms with Gasteiger partial charge in [-0.1, -0.05) is 20.8 Å². The molecule has 0 spiro atoms. The van der Waals surface area contributed by atoms with E-state index in [4.69, 9.17) is 10.8 Å². The molecule has 3 rings (SSSR count). The molecule has 0 aromatic carbocycles. The fraction of sp³-hybridized carbons (Fsp3) is 0.571. The van der Waals surface area contributed by atoms with Crippen LogP contribution in [0.2, 0.25) is 0 Å². The van der Waals surface area contributed by atoms with Crippen LogP contribution >= 0.6 is 11.3 Å². The van der Waals surface area contributed by atoms with Gasteiger partial charge in [0.25, 0.3) is 0 Å². The Bertz CT molecular complexity index is 617. The molecule has 1 atom stereocenters. The van der Waals surface area contributed by atoms with E-state index in [0.717, 1.165) is 40.6 Å². The van der Waals surface area contributed by atoms with Crippen molar-refractivity contribution >= 4 is 27.4 Å². The van der Waals surface area contributed by atoms with Crippen LogP contribution in [0.3, 0.4) is 0 Å². The smallest absolute Gasteiger partial charge is 0.152 e. The molecule has 1 aliphatic carbocycles. The van der Waals surface area contributed by atoms with Gasteiger partial charge in [0.1, 0.15) is 10.7 Å². The van der Waals surface area contributed by atoms with Gasteiger partial charge in [-0.15, -0.1) is 11.3 Å². The number of anilines is 1. The Morgan fingerprint density at radius 2 is 2.16 bits per heavy atom. The first-order valence-corrected chi connectivity index (χ1v) is 7.70. The SMILES string of the molecule is CC(C)c1nc(NN)c2c3c(sc2n1)C[C@@H](C)CC3. The molecule has 0 unspecified atom stereocenters. The zero-order valence-corrected chi connectivity index (χ0v) is 12.5. The molecule has 102 valence electrons. The summed E-state index contributed by atoms with van der Waals surface area (Å²) in [5.74, 6) is 8.41. The van der Waals surface area contributed by atoms with Crippen LogP contribution in [0.15, 0.2) is 0 Å². The number of nitrogens with zero attached hydrogens (tertiary/aromatic N) is 2. The quantitative estimate of drug-likeness (QED) is 0.653. The summed E-state index contributed by atoms with van der Waals surface area (Å²) < 4.78 is 0. The predicted molar refractivity (Wildman–Crippen MR) is 80.5 cm³/mol. The predicted octanol–water partition coefficient (Wildman–Crippen LogP) is 3.23. The van der Waals surface area contributed by atoms with Gasteiger partial charge in [-0.05, 0) is 30.7 Å². The van der Waals surface area contributed by atoms with Gasteiger partial charge >= 0.3 is 0 Å². The van der Waals surface area contributed by atoms with Crippen molar-refractivity contribution in [2.24, 2.45) is 11.8 Å². The maximum absolute atomic E-state index is 5.67. The molecule has 0 aliphatic heterocycles. The number of nitrogen functional groups attached to an aromatic ring is 1. The van der Waals surface area contributed by atoms with Crippen molar-refractivity contribution in [2.45, 2.75) is 46.0 Å². The minimum atomic E-state index is 0.314. The third-order valence-electron chi connectivity index (χ3n) is 3.83. The minimum absolute atomic E-state index is 0.314. The van der Waals surface area contributed by atoms with Crippen LogP contribution in [-0.2, 0) is 12.8 Å².